The summed E-state index contributed by atoms with van der Waals surface area (Å²) in [7, 11) is 0. The lowest BCUT2D eigenvalue weighted by atomic mass is 9.77. The van der Waals surface area contributed by atoms with E-state index in [0.29, 0.717) is 12.2 Å². The maximum atomic E-state index is 13.3. The fourth-order valence-electron chi connectivity index (χ4n) is 3.66. The normalized spacial score (nSPS) is 21.9. The number of rotatable bonds is 8. The van der Waals surface area contributed by atoms with Gasteiger partial charge in [-0.25, -0.2) is 13.2 Å². The predicted molar refractivity (Wildman–Crippen MR) is 89.0 cm³/mol. The van der Waals surface area contributed by atoms with E-state index >= 15 is 0 Å². The maximum Gasteiger partial charge on any atom is 0.159 e. The van der Waals surface area contributed by atoms with Crippen molar-refractivity contribution in [1.82, 2.24) is 0 Å². The van der Waals surface area contributed by atoms with Crippen LogP contribution in [0.15, 0.2) is 30.6 Å². The van der Waals surface area contributed by atoms with E-state index in [1.165, 1.54) is 50.7 Å². The van der Waals surface area contributed by atoms with Crippen LogP contribution in [0.4, 0.5) is 13.2 Å². The Bertz CT molecular complexity index is 488. The van der Waals surface area contributed by atoms with Crippen LogP contribution in [0.5, 0.6) is 0 Å². The van der Waals surface area contributed by atoms with Gasteiger partial charge in [-0.15, -0.1) is 0 Å². The topological polar surface area (TPSA) is 0 Å². The summed E-state index contributed by atoms with van der Waals surface area (Å²) < 4.78 is 38.1. The molecule has 1 aromatic rings. The van der Waals surface area contributed by atoms with Gasteiger partial charge in [-0.05, 0) is 68.1 Å². The van der Waals surface area contributed by atoms with E-state index < -0.39 is 11.6 Å². The van der Waals surface area contributed by atoms with Crippen molar-refractivity contribution in [3.05, 3.63) is 47.8 Å². The summed E-state index contributed by atoms with van der Waals surface area (Å²) in [6.07, 6.45) is 13.6. The second-order valence-corrected chi connectivity index (χ2v) is 6.74. The molecule has 0 aliphatic heterocycles. The third-order valence-electron chi connectivity index (χ3n) is 5.08. The van der Waals surface area contributed by atoms with E-state index in [4.69, 9.17) is 0 Å². The van der Waals surface area contributed by atoms with Crippen LogP contribution in [-0.4, -0.2) is 0 Å². The summed E-state index contributed by atoms with van der Waals surface area (Å²) >= 11 is 0. The molecule has 0 radical (unpaired) electrons. The van der Waals surface area contributed by atoms with Gasteiger partial charge in [0.15, 0.2) is 11.6 Å². The van der Waals surface area contributed by atoms with E-state index in [-0.39, 0.29) is 0 Å². The van der Waals surface area contributed by atoms with Gasteiger partial charge in [0.05, 0.1) is 6.33 Å². The van der Waals surface area contributed by atoms with Gasteiger partial charge in [0.25, 0.3) is 0 Å². The molecule has 0 heterocycles. The van der Waals surface area contributed by atoms with Gasteiger partial charge in [-0.3, -0.25) is 0 Å². The van der Waals surface area contributed by atoms with Crippen LogP contribution < -0.4 is 0 Å². The van der Waals surface area contributed by atoms with Gasteiger partial charge < -0.3 is 0 Å². The second kappa shape index (κ2) is 9.79. The molecule has 3 heteroatoms. The number of unbranched alkanes of at least 4 members (excludes halogenated alkanes) is 4. The third-order valence-corrected chi connectivity index (χ3v) is 5.08. The van der Waals surface area contributed by atoms with Crippen molar-refractivity contribution in [1.29, 1.82) is 0 Å². The lowest BCUT2D eigenvalue weighted by Gasteiger charge is -2.29. The van der Waals surface area contributed by atoms with Gasteiger partial charge in [-0.1, -0.05) is 37.8 Å². The molecule has 1 fully saturated rings. The van der Waals surface area contributed by atoms with Gasteiger partial charge in [-0.2, -0.15) is 0 Å². The zero-order valence-corrected chi connectivity index (χ0v) is 13.7. The molecule has 1 aromatic carbocycles. The molecular formula is C20H27F3. The zero-order valence-electron chi connectivity index (χ0n) is 13.7. The predicted octanol–water partition coefficient (Wildman–Crippen LogP) is 7.06. The van der Waals surface area contributed by atoms with Crippen molar-refractivity contribution in [3.63, 3.8) is 0 Å². The largest absolute Gasteiger partial charge is 0.216 e. The average molecular weight is 324 g/mol. The lowest BCUT2D eigenvalue weighted by molar-refractivity contribution is 0.301. The summed E-state index contributed by atoms with van der Waals surface area (Å²) in [5.41, 5.74) is 0.947. The highest BCUT2D eigenvalue weighted by atomic mass is 19.2. The Morgan fingerprint density at radius 3 is 2.35 bits per heavy atom. The fraction of sp³-hybridized carbons (Fsp3) is 0.600. The van der Waals surface area contributed by atoms with Crippen LogP contribution in [0.3, 0.4) is 0 Å². The van der Waals surface area contributed by atoms with E-state index in [2.05, 4.69) is 0 Å². The number of hydrogen-bond acceptors (Lipinski definition) is 0. The van der Waals surface area contributed by atoms with Crippen molar-refractivity contribution in [2.45, 2.75) is 70.1 Å². The average Bonchev–Trinajstić information content (AvgIpc) is 2.57. The van der Waals surface area contributed by atoms with Gasteiger partial charge >= 0.3 is 0 Å². The Hall–Kier alpha value is -1.25. The summed E-state index contributed by atoms with van der Waals surface area (Å²) in [6.45, 7) is 0. The van der Waals surface area contributed by atoms with Crippen molar-refractivity contribution in [2.24, 2.45) is 5.92 Å². The molecule has 0 bridgehead atoms. The van der Waals surface area contributed by atoms with Crippen LogP contribution in [-0.2, 0) is 0 Å². The summed E-state index contributed by atoms with van der Waals surface area (Å²) in [6, 6.07) is 4.34. The molecule has 0 atom stereocenters. The molecule has 1 aliphatic carbocycles. The minimum Gasteiger partial charge on any atom is -0.216 e. The number of hydrogen-bond donors (Lipinski definition) is 0. The van der Waals surface area contributed by atoms with Gasteiger partial charge in [0.1, 0.15) is 0 Å². The first-order chi connectivity index (χ1) is 11.2. The smallest absolute Gasteiger partial charge is 0.159 e. The molecule has 1 saturated carbocycles. The summed E-state index contributed by atoms with van der Waals surface area (Å²) in [5.74, 6) is -0.326. The highest BCUT2D eigenvalue weighted by Gasteiger charge is 2.22. The Labute approximate surface area is 137 Å². The molecular weight excluding hydrogens is 297 g/mol. The maximum absolute atomic E-state index is 13.3. The van der Waals surface area contributed by atoms with E-state index in [1.54, 1.807) is 12.1 Å². The number of benzene rings is 1. The first kappa shape index (κ1) is 18.1. The van der Waals surface area contributed by atoms with Crippen molar-refractivity contribution >= 4 is 0 Å². The molecule has 2 rings (SSSR count). The number of allylic oxidation sites excluding steroid dienone is 1. The fourth-order valence-corrected chi connectivity index (χ4v) is 3.66. The molecule has 0 nitrogen and oxygen atoms in total. The molecule has 0 spiro atoms. The quantitative estimate of drug-likeness (QED) is 0.449. The Morgan fingerprint density at radius 1 is 0.913 bits per heavy atom. The minimum absolute atomic E-state index is 0.383. The van der Waals surface area contributed by atoms with Crippen LogP contribution >= 0.6 is 0 Å². The first-order valence-corrected chi connectivity index (χ1v) is 8.91. The Kier molecular flexibility index (Phi) is 7.70. The number of halogens is 3. The van der Waals surface area contributed by atoms with Crippen molar-refractivity contribution < 1.29 is 13.2 Å². The van der Waals surface area contributed by atoms with E-state index in [1.807, 2.05) is 0 Å². The SMILES string of the molecule is FC=CCCCCCCC1CCC(c2ccc(F)c(F)c2)CC1. The highest BCUT2D eigenvalue weighted by molar-refractivity contribution is 5.22. The van der Waals surface area contributed by atoms with Crippen LogP contribution in [0.1, 0.15) is 75.7 Å². The van der Waals surface area contributed by atoms with Gasteiger partial charge in [0.2, 0.25) is 0 Å². The molecule has 0 saturated heterocycles. The molecule has 128 valence electrons. The van der Waals surface area contributed by atoms with Crippen LogP contribution in [0.25, 0.3) is 0 Å². The summed E-state index contributed by atoms with van der Waals surface area (Å²) in [5, 5.41) is 0. The van der Waals surface area contributed by atoms with Crippen LogP contribution in [0, 0.1) is 17.6 Å². The standard InChI is InChI=1S/C20H27F3/c21-14-6-4-2-1-3-5-7-16-8-10-17(11-9-16)18-12-13-19(22)20(23)15-18/h6,12-17H,1-5,7-11H2. The van der Waals surface area contributed by atoms with Crippen LogP contribution in [0.2, 0.25) is 0 Å². The summed E-state index contributed by atoms with van der Waals surface area (Å²) in [4.78, 5) is 0. The zero-order chi connectivity index (χ0) is 16.5. The Morgan fingerprint density at radius 2 is 1.65 bits per heavy atom. The Balaban J connectivity index is 1.63. The molecule has 0 N–H and O–H groups in total. The minimum atomic E-state index is -0.760. The second-order valence-electron chi connectivity index (χ2n) is 6.74. The lowest BCUT2D eigenvalue weighted by Crippen LogP contribution is -2.13. The highest BCUT2D eigenvalue weighted by Crippen LogP contribution is 2.38. The molecule has 0 unspecified atom stereocenters. The van der Waals surface area contributed by atoms with Crippen molar-refractivity contribution in [2.75, 3.05) is 0 Å². The van der Waals surface area contributed by atoms with Crippen molar-refractivity contribution in [3.8, 4) is 0 Å². The van der Waals surface area contributed by atoms with E-state index in [0.717, 1.165) is 37.2 Å². The third kappa shape index (κ3) is 6.04. The molecule has 1 aliphatic rings. The molecule has 0 amide bonds. The van der Waals surface area contributed by atoms with E-state index in [9.17, 15) is 13.2 Å². The molecule has 23 heavy (non-hydrogen) atoms. The molecule has 0 aromatic heterocycles. The first-order valence-electron chi connectivity index (χ1n) is 8.91. The van der Waals surface area contributed by atoms with Gasteiger partial charge in [0, 0.05) is 0 Å². The monoisotopic (exact) mass is 324 g/mol.